The van der Waals surface area contributed by atoms with Crippen LogP contribution in [0, 0.1) is 0 Å². The molecule has 0 unspecified atom stereocenters. The number of carbonyl (C=O) groups excluding carboxylic acids is 1. The average molecular weight is 487 g/mol. The number of ketones is 1. The summed E-state index contributed by atoms with van der Waals surface area (Å²) in [5.74, 6) is 0.486. The molecule has 1 fully saturated rings. The Bertz CT molecular complexity index is 1470. The minimum atomic E-state index is -0.0775. The summed E-state index contributed by atoms with van der Waals surface area (Å²) in [6, 6.07) is 13.5. The quantitative estimate of drug-likeness (QED) is 0.324. The second kappa shape index (κ2) is 9.45. The first-order chi connectivity index (χ1) is 17.3. The van der Waals surface area contributed by atoms with E-state index in [9.17, 15) is 4.79 Å². The molecule has 1 aromatic carbocycles. The molecule has 35 heavy (non-hydrogen) atoms. The fourth-order valence-corrected chi connectivity index (χ4v) is 4.82. The standard InChI is InChI=1S/C24H22N8O2S/c33-22(21-5-2-14-35-21)19-16-26-32-20(6-7-25-24(19)32)17-3-1-4-18(15-17)23-27-29-31(28-23)9-8-30-10-12-34-13-11-30/h1-7,14-16H,8-13H2. The molecule has 1 saturated heterocycles. The van der Waals surface area contributed by atoms with Crippen molar-refractivity contribution in [3.05, 3.63) is 70.7 Å². The molecular weight excluding hydrogens is 464 g/mol. The number of nitrogens with zero attached hydrogens (tertiary/aromatic N) is 8. The Morgan fingerprint density at radius 3 is 2.80 bits per heavy atom. The molecule has 0 saturated carbocycles. The number of fused-ring (bicyclic) bond motifs is 1. The molecule has 0 bridgehead atoms. The number of rotatable bonds is 7. The summed E-state index contributed by atoms with van der Waals surface area (Å²) in [4.78, 5) is 22.0. The Morgan fingerprint density at radius 1 is 1.06 bits per heavy atom. The lowest BCUT2D eigenvalue weighted by atomic mass is 10.1. The molecule has 10 nitrogen and oxygen atoms in total. The van der Waals surface area contributed by atoms with E-state index >= 15 is 0 Å². The maximum atomic E-state index is 12.9. The number of ether oxygens (including phenoxy) is 1. The molecule has 0 atom stereocenters. The smallest absolute Gasteiger partial charge is 0.208 e. The average Bonchev–Trinajstić information content (AvgIpc) is 3.69. The van der Waals surface area contributed by atoms with Gasteiger partial charge in [0.2, 0.25) is 11.6 Å². The molecular formula is C24H22N8O2S. The highest BCUT2D eigenvalue weighted by Crippen LogP contribution is 2.26. The van der Waals surface area contributed by atoms with Gasteiger partial charge < -0.3 is 4.74 Å². The van der Waals surface area contributed by atoms with Crippen LogP contribution in [0.2, 0.25) is 0 Å². The third-order valence-electron chi connectivity index (χ3n) is 5.98. The van der Waals surface area contributed by atoms with E-state index in [-0.39, 0.29) is 5.78 Å². The van der Waals surface area contributed by atoms with Crippen LogP contribution in [0.3, 0.4) is 0 Å². The van der Waals surface area contributed by atoms with Crippen LogP contribution < -0.4 is 0 Å². The number of carbonyl (C=O) groups is 1. The zero-order valence-corrected chi connectivity index (χ0v) is 19.6. The number of hydrogen-bond acceptors (Lipinski definition) is 9. The molecule has 1 aliphatic heterocycles. The SMILES string of the molecule is O=C(c1cccs1)c1cnn2c(-c3cccc(-c4nnn(CCN5CCOCC5)n4)c3)ccnc12. The fourth-order valence-electron chi connectivity index (χ4n) is 4.14. The van der Waals surface area contributed by atoms with E-state index in [0.29, 0.717) is 28.5 Å². The highest BCUT2D eigenvalue weighted by Gasteiger charge is 2.19. The summed E-state index contributed by atoms with van der Waals surface area (Å²) in [6.45, 7) is 4.93. The summed E-state index contributed by atoms with van der Waals surface area (Å²) in [5.41, 5.74) is 3.60. The first-order valence-corrected chi connectivity index (χ1v) is 12.2. The Kier molecular flexibility index (Phi) is 5.86. The number of thiophene rings is 1. The van der Waals surface area contributed by atoms with E-state index in [1.165, 1.54) is 11.3 Å². The summed E-state index contributed by atoms with van der Waals surface area (Å²) in [7, 11) is 0. The number of tetrazole rings is 1. The second-order valence-corrected chi connectivity index (χ2v) is 9.12. The molecule has 176 valence electrons. The number of aromatic nitrogens is 7. The molecule has 1 aliphatic rings. The summed E-state index contributed by atoms with van der Waals surface area (Å²) < 4.78 is 7.10. The van der Waals surface area contributed by atoms with Gasteiger partial charge in [-0.15, -0.1) is 21.5 Å². The molecule has 11 heteroatoms. The maximum Gasteiger partial charge on any atom is 0.208 e. The molecule has 5 aromatic rings. The van der Waals surface area contributed by atoms with Crippen LogP contribution in [0.1, 0.15) is 15.2 Å². The normalized spacial score (nSPS) is 14.5. The summed E-state index contributed by atoms with van der Waals surface area (Å²) in [5, 5.41) is 19.4. The van der Waals surface area contributed by atoms with Gasteiger partial charge in [0.1, 0.15) is 0 Å². The molecule has 0 N–H and O–H groups in total. The maximum absolute atomic E-state index is 12.9. The van der Waals surface area contributed by atoms with E-state index in [1.807, 2.05) is 47.8 Å². The van der Waals surface area contributed by atoms with Crippen LogP contribution in [0.15, 0.2) is 60.2 Å². The van der Waals surface area contributed by atoms with Crippen LogP contribution in [0.25, 0.3) is 28.3 Å². The van der Waals surface area contributed by atoms with Crippen LogP contribution in [-0.4, -0.2) is 78.3 Å². The van der Waals surface area contributed by atoms with Gasteiger partial charge >= 0.3 is 0 Å². The zero-order chi connectivity index (χ0) is 23.6. The first-order valence-electron chi connectivity index (χ1n) is 11.4. The van der Waals surface area contributed by atoms with Crippen molar-refractivity contribution in [2.24, 2.45) is 0 Å². The third-order valence-corrected chi connectivity index (χ3v) is 6.85. The van der Waals surface area contributed by atoms with Crippen molar-refractivity contribution in [2.45, 2.75) is 6.54 Å². The fraction of sp³-hybridized carbons (Fsp3) is 0.250. The van der Waals surface area contributed by atoms with Gasteiger partial charge in [0.05, 0.1) is 42.1 Å². The van der Waals surface area contributed by atoms with Crippen molar-refractivity contribution < 1.29 is 9.53 Å². The van der Waals surface area contributed by atoms with Crippen molar-refractivity contribution in [1.29, 1.82) is 0 Å². The molecule has 5 heterocycles. The van der Waals surface area contributed by atoms with Gasteiger partial charge in [-0.3, -0.25) is 9.69 Å². The van der Waals surface area contributed by atoms with E-state index in [0.717, 1.165) is 49.7 Å². The predicted octanol–water partition coefficient (Wildman–Crippen LogP) is 2.67. The lowest BCUT2D eigenvalue weighted by Gasteiger charge is -2.25. The lowest BCUT2D eigenvalue weighted by Crippen LogP contribution is -2.38. The van der Waals surface area contributed by atoms with Gasteiger partial charge in [-0.1, -0.05) is 24.3 Å². The van der Waals surface area contributed by atoms with Crippen molar-refractivity contribution in [1.82, 2.24) is 39.7 Å². The Labute approximate surface area is 204 Å². The monoisotopic (exact) mass is 486 g/mol. The molecule has 0 aliphatic carbocycles. The van der Waals surface area contributed by atoms with Gasteiger partial charge in [0, 0.05) is 37.0 Å². The van der Waals surface area contributed by atoms with Crippen LogP contribution in [0.5, 0.6) is 0 Å². The highest BCUT2D eigenvalue weighted by atomic mass is 32.1. The van der Waals surface area contributed by atoms with E-state index in [4.69, 9.17) is 4.74 Å². The number of benzene rings is 1. The lowest BCUT2D eigenvalue weighted by molar-refractivity contribution is 0.0354. The van der Waals surface area contributed by atoms with Crippen LogP contribution in [0.4, 0.5) is 0 Å². The third kappa shape index (κ3) is 4.36. The van der Waals surface area contributed by atoms with E-state index < -0.39 is 0 Å². The van der Waals surface area contributed by atoms with Gasteiger partial charge in [-0.05, 0) is 28.8 Å². The van der Waals surface area contributed by atoms with Crippen LogP contribution >= 0.6 is 11.3 Å². The molecule has 0 radical (unpaired) electrons. The van der Waals surface area contributed by atoms with Crippen molar-refractivity contribution in [3.63, 3.8) is 0 Å². The van der Waals surface area contributed by atoms with Gasteiger partial charge in [-0.25, -0.2) is 9.50 Å². The molecule has 6 rings (SSSR count). The summed E-state index contributed by atoms with van der Waals surface area (Å²) in [6.07, 6.45) is 3.28. The molecule has 0 amide bonds. The second-order valence-electron chi connectivity index (χ2n) is 8.17. The zero-order valence-electron chi connectivity index (χ0n) is 18.8. The first kappa shape index (κ1) is 21.7. The minimum absolute atomic E-state index is 0.0775. The minimum Gasteiger partial charge on any atom is -0.379 e. The Balaban J connectivity index is 1.26. The summed E-state index contributed by atoms with van der Waals surface area (Å²) >= 11 is 1.41. The van der Waals surface area contributed by atoms with Gasteiger partial charge in [-0.2, -0.15) is 9.90 Å². The highest BCUT2D eigenvalue weighted by molar-refractivity contribution is 7.12. The number of morpholine rings is 1. The van der Waals surface area contributed by atoms with Crippen molar-refractivity contribution in [3.8, 4) is 22.6 Å². The Morgan fingerprint density at radius 2 is 1.94 bits per heavy atom. The predicted molar refractivity (Wildman–Crippen MR) is 130 cm³/mol. The Hall–Kier alpha value is -3.80. The topological polar surface area (TPSA) is 103 Å². The number of hydrogen-bond donors (Lipinski definition) is 0. The van der Waals surface area contributed by atoms with E-state index in [2.05, 4.69) is 30.4 Å². The van der Waals surface area contributed by atoms with Gasteiger partial charge in [0.15, 0.2) is 5.65 Å². The largest absolute Gasteiger partial charge is 0.379 e. The molecule has 0 spiro atoms. The van der Waals surface area contributed by atoms with Crippen LogP contribution in [-0.2, 0) is 11.3 Å². The van der Waals surface area contributed by atoms with Crippen molar-refractivity contribution >= 4 is 22.8 Å². The molecule has 4 aromatic heterocycles. The van der Waals surface area contributed by atoms with E-state index in [1.54, 1.807) is 21.7 Å². The van der Waals surface area contributed by atoms with Gasteiger partial charge in [0.25, 0.3) is 0 Å². The van der Waals surface area contributed by atoms with Crippen molar-refractivity contribution in [2.75, 3.05) is 32.8 Å².